The Kier molecular flexibility index (Phi) is 14.2. The van der Waals surface area contributed by atoms with Crippen molar-refractivity contribution in [3.8, 4) is 5.75 Å². The summed E-state index contributed by atoms with van der Waals surface area (Å²) in [7, 11) is 0. The maximum atomic E-state index is 13.5. The topological polar surface area (TPSA) is 171 Å². The van der Waals surface area contributed by atoms with Gasteiger partial charge in [-0.25, -0.2) is 14.4 Å². The number of Topliss-reactive ketones (excluding diaryl/α,β-unsaturated/α-hetero) is 1. The molecule has 0 aliphatic rings. The standard InChI is InChI=1S/C36H39Cl2N5O8/c1-36(2,3)50-34(46)39-18-8-7-11-29(41-35(47)48-22-24-9-5-4-6-10-24)31(44)32-42-30(51-43-32)20-23-12-15-26(16-13-23)49-33(45)40-21-25-14-17-27(37)28(38)19-25/h4-6,9-10,12-17,19,29H,7-8,11,18,20-22H2,1-3H3,(H,39,46)(H,40,45)(H,41,47). The Morgan fingerprint density at radius 2 is 1.55 bits per heavy atom. The molecular weight excluding hydrogens is 701 g/mol. The van der Waals surface area contributed by atoms with Crippen LogP contribution < -0.4 is 20.7 Å². The second-order valence-corrected chi connectivity index (χ2v) is 13.2. The lowest BCUT2D eigenvalue weighted by atomic mass is 10.0. The number of hydrogen-bond donors (Lipinski definition) is 3. The summed E-state index contributed by atoms with van der Waals surface area (Å²) in [4.78, 5) is 54.6. The van der Waals surface area contributed by atoms with Crippen LogP contribution in [0, 0.1) is 0 Å². The van der Waals surface area contributed by atoms with Gasteiger partial charge in [-0.3, -0.25) is 4.79 Å². The number of halogens is 2. The Labute approximate surface area is 305 Å². The highest BCUT2D eigenvalue weighted by molar-refractivity contribution is 6.42. The summed E-state index contributed by atoms with van der Waals surface area (Å²) in [6, 6.07) is 19.8. The highest BCUT2D eigenvalue weighted by Gasteiger charge is 2.27. The number of alkyl carbamates (subject to hydrolysis) is 2. The molecule has 0 aliphatic heterocycles. The van der Waals surface area contributed by atoms with E-state index in [4.69, 9.17) is 41.9 Å². The molecule has 4 aromatic rings. The van der Waals surface area contributed by atoms with Gasteiger partial charge in [0.25, 0.3) is 0 Å². The lowest BCUT2D eigenvalue weighted by molar-refractivity contribution is 0.0526. The Morgan fingerprint density at radius 3 is 2.25 bits per heavy atom. The molecule has 1 atom stereocenters. The number of aromatic nitrogens is 2. The molecule has 13 nitrogen and oxygen atoms in total. The highest BCUT2D eigenvalue weighted by Crippen LogP contribution is 2.22. The predicted octanol–water partition coefficient (Wildman–Crippen LogP) is 7.43. The van der Waals surface area contributed by atoms with Crippen LogP contribution in [0.15, 0.2) is 77.3 Å². The minimum Gasteiger partial charge on any atom is -0.445 e. The smallest absolute Gasteiger partial charge is 0.412 e. The number of carbonyl (C=O) groups is 4. The Balaban J connectivity index is 1.30. The number of ketones is 1. The molecular formula is C36H39Cl2N5O8. The normalized spacial score (nSPS) is 11.6. The molecule has 3 aromatic carbocycles. The van der Waals surface area contributed by atoms with E-state index in [0.29, 0.717) is 35.2 Å². The molecule has 1 aromatic heterocycles. The second-order valence-electron chi connectivity index (χ2n) is 12.4. The van der Waals surface area contributed by atoms with Crippen LogP contribution in [-0.4, -0.2) is 52.4 Å². The minimum absolute atomic E-state index is 0.0208. The molecule has 0 saturated heterocycles. The lowest BCUT2D eigenvalue weighted by Crippen LogP contribution is -2.41. The first-order chi connectivity index (χ1) is 24.3. The fourth-order valence-electron chi connectivity index (χ4n) is 4.55. The third-order valence-electron chi connectivity index (χ3n) is 7.01. The first-order valence-electron chi connectivity index (χ1n) is 16.1. The monoisotopic (exact) mass is 739 g/mol. The van der Waals surface area contributed by atoms with E-state index in [1.807, 2.05) is 30.3 Å². The van der Waals surface area contributed by atoms with Crippen molar-refractivity contribution < 1.29 is 37.9 Å². The summed E-state index contributed by atoms with van der Waals surface area (Å²) in [5.41, 5.74) is 1.67. The molecule has 15 heteroatoms. The highest BCUT2D eigenvalue weighted by atomic mass is 35.5. The molecule has 0 spiro atoms. The second kappa shape index (κ2) is 18.7. The van der Waals surface area contributed by atoms with Gasteiger partial charge in [0, 0.05) is 13.1 Å². The Morgan fingerprint density at radius 1 is 0.824 bits per heavy atom. The van der Waals surface area contributed by atoms with Gasteiger partial charge >= 0.3 is 18.3 Å². The van der Waals surface area contributed by atoms with Crippen LogP contribution in [0.4, 0.5) is 14.4 Å². The molecule has 1 heterocycles. The number of benzene rings is 3. The number of rotatable bonds is 15. The van der Waals surface area contributed by atoms with E-state index in [1.165, 1.54) is 0 Å². The molecule has 1 unspecified atom stereocenters. The number of carbonyl (C=O) groups excluding carboxylic acids is 4. The van der Waals surface area contributed by atoms with Gasteiger partial charge < -0.3 is 34.7 Å². The van der Waals surface area contributed by atoms with Crippen molar-refractivity contribution >= 4 is 47.3 Å². The number of nitrogens with zero attached hydrogens (tertiary/aromatic N) is 2. The fourth-order valence-corrected chi connectivity index (χ4v) is 4.87. The molecule has 0 radical (unpaired) electrons. The van der Waals surface area contributed by atoms with E-state index in [-0.39, 0.29) is 37.7 Å². The van der Waals surface area contributed by atoms with Crippen molar-refractivity contribution in [3.05, 3.63) is 111 Å². The molecule has 270 valence electrons. The predicted molar refractivity (Wildman–Crippen MR) is 189 cm³/mol. The zero-order valence-corrected chi connectivity index (χ0v) is 29.9. The van der Waals surface area contributed by atoms with E-state index in [0.717, 1.165) is 16.7 Å². The number of unbranched alkanes of at least 4 members (excludes halogenated alkanes) is 1. The van der Waals surface area contributed by atoms with E-state index in [2.05, 4.69) is 26.1 Å². The molecule has 3 N–H and O–H groups in total. The first-order valence-corrected chi connectivity index (χ1v) is 16.9. The lowest BCUT2D eigenvalue weighted by Gasteiger charge is -2.20. The zero-order chi connectivity index (χ0) is 36.8. The van der Waals surface area contributed by atoms with Crippen LogP contribution in [0.25, 0.3) is 0 Å². The summed E-state index contributed by atoms with van der Waals surface area (Å²) in [5, 5.41) is 12.6. The average molecular weight is 741 g/mol. The van der Waals surface area contributed by atoms with Gasteiger partial charge in [-0.1, -0.05) is 76.9 Å². The largest absolute Gasteiger partial charge is 0.445 e. The first kappa shape index (κ1) is 38.7. The maximum absolute atomic E-state index is 13.5. The molecule has 0 saturated carbocycles. The third-order valence-corrected chi connectivity index (χ3v) is 7.75. The van der Waals surface area contributed by atoms with E-state index >= 15 is 0 Å². The van der Waals surface area contributed by atoms with Crippen molar-refractivity contribution in [1.29, 1.82) is 0 Å². The fraction of sp³-hybridized carbons (Fsp3) is 0.333. The molecule has 4 rings (SSSR count). The van der Waals surface area contributed by atoms with Gasteiger partial charge in [-0.05, 0) is 81.0 Å². The summed E-state index contributed by atoms with van der Waals surface area (Å²) in [6.45, 7) is 5.84. The molecule has 51 heavy (non-hydrogen) atoms. The van der Waals surface area contributed by atoms with Crippen LogP contribution in [0.5, 0.6) is 5.75 Å². The van der Waals surface area contributed by atoms with Crippen LogP contribution in [-0.2, 0) is 29.0 Å². The third kappa shape index (κ3) is 13.6. The zero-order valence-electron chi connectivity index (χ0n) is 28.4. The molecule has 0 fully saturated rings. The van der Waals surface area contributed by atoms with Gasteiger partial charge in [0.1, 0.15) is 18.0 Å². The van der Waals surface area contributed by atoms with Crippen LogP contribution >= 0.6 is 23.2 Å². The van der Waals surface area contributed by atoms with Crippen molar-refractivity contribution in [2.75, 3.05) is 6.54 Å². The van der Waals surface area contributed by atoms with Crippen LogP contribution in [0.3, 0.4) is 0 Å². The molecule has 0 aliphatic carbocycles. The van der Waals surface area contributed by atoms with Crippen molar-refractivity contribution in [1.82, 2.24) is 26.1 Å². The number of ether oxygens (including phenoxy) is 3. The van der Waals surface area contributed by atoms with Crippen molar-refractivity contribution in [2.45, 2.75) is 71.2 Å². The van der Waals surface area contributed by atoms with Crippen molar-refractivity contribution in [2.24, 2.45) is 0 Å². The van der Waals surface area contributed by atoms with Gasteiger partial charge in [0.15, 0.2) is 0 Å². The van der Waals surface area contributed by atoms with Crippen LogP contribution in [0.2, 0.25) is 10.0 Å². The van der Waals surface area contributed by atoms with Gasteiger partial charge in [0.2, 0.25) is 17.5 Å². The summed E-state index contributed by atoms with van der Waals surface area (Å²) < 4.78 is 21.2. The van der Waals surface area contributed by atoms with Crippen molar-refractivity contribution in [3.63, 3.8) is 0 Å². The SMILES string of the molecule is CC(C)(C)OC(=O)NCCCCC(NC(=O)OCc1ccccc1)C(=O)c1noc(Cc2ccc(OC(=O)NCc3ccc(Cl)c(Cl)c3)cc2)n1. The van der Waals surface area contributed by atoms with E-state index < -0.39 is 35.7 Å². The quantitative estimate of drug-likeness (QED) is 0.0823. The van der Waals surface area contributed by atoms with Gasteiger partial charge in [0.05, 0.1) is 22.5 Å². The number of amides is 3. The molecule has 0 bridgehead atoms. The Hall–Kier alpha value is -5.14. The van der Waals surface area contributed by atoms with Crippen LogP contribution in [0.1, 0.15) is 73.2 Å². The molecule has 3 amide bonds. The van der Waals surface area contributed by atoms with E-state index in [1.54, 1.807) is 63.2 Å². The minimum atomic E-state index is -1.01. The Bertz CT molecular complexity index is 1780. The summed E-state index contributed by atoms with van der Waals surface area (Å²) in [6.07, 6.45) is -0.573. The van der Waals surface area contributed by atoms with Gasteiger partial charge in [-0.15, -0.1) is 0 Å². The van der Waals surface area contributed by atoms with Gasteiger partial charge in [-0.2, -0.15) is 4.98 Å². The summed E-state index contributed by atoms with van der Waals surface area (Å²) in [5.74, 6) is -0.291. The number of nitrogens with one attached hydrogen (secondary N) is 3. The summed E-state index contributed by atoms with van der Waals surface area (Å²) >= 11 is 11.9. The maximum Gasteiger partial charge on any atom is 0.412 e. The van der Waals surface area contributed by atoms with E-state index in [9.17, 15) is 19.2 Å². The number of hydrogen-bond acceptors (Lipinski definition) is 10. The average Bonchev–Trinajstić information content (AvgIpc) is 3.56.